The molecule has 68 valence electrons. The van der Waals surface area contributed by atoms with Crippen LogP contribution in [0.5, 0.6) is 0 Å². The summed E-state index contributed by atoms with van der Waals surface area (Å²) in [6.45, 7) is 4.00. The third-order valence-electron chi connectivity index (χ3n) is 1.60. The SMILES string of the molecule is CC(Cl)CCNCc1cccs1. The van der Waals surface area contributed by atoms with Crippen molar-refractivity contribution >= 4 is 22.9 Å². The Morgan fingerprint density at radius 1 is 1.67 bits per heavy atom. The second kappa shape index (κ2) is 5.57. The number of hydrogen-bond acceptors (Lipinski definition) is 2. The van der Waals surface area contributed by atoms with E-state index in [-0.39, 0.29) is 5.38 Å². The van der Waals surface area contributed by atoms with Gasteiger partial charge in [-0.1, -0.05) is 6.07 Å². The number of halogens is 1. The van der Waals surface area contributed by atoms with Gasteiger partial charge in [-0.05, 0) is 31.3 Å². The van der Waals surface area contributed by atoms with E-state index < -0.39 is 0 Å². The molecule has 0 amide bonds. The standard InChI is InChI=1S/C9H14ClNS/c1-8(10)4-5-11-7-9-3-2-6-12-9/h2-3,6,8,11H,4-5,7H2,1H3. The normalized spacial score (nSPS) is 13.2. The lowest BCUT2D eigenvalue weighted by molar-refractivity contribution is 0.649. The molecule has 0 aliphatic rings. The Balaban J connectivity index is 2.04. The van der Waals surface area contributed by atoms with Crippen LogP contribution < -0.4 is 5.32 Å². The molecule has 1 aromatic rings. The van der Waals surface area contributed by atoms with Crippen LogP contribution in [0.4, 0.5) is 0 Å². The smallest absolute Gasteiger partial charge is 0.0319 e. The molecule has 1 atom stereocenters. The topological polar surface area (TPSA) is 12.0 Å². The second-order valence-corrected chi connectivity index (χ2v) is 4.60. The summed E-state index contributed by atoms with van der Waals surface area (Å²) in [5, 5.41) is 5.72. The van der Waals surface area contributed by atoms with Crippen molar-refractivity contribution in [3.05, 3.63) is 22.4 Å². The van der Waals surface area contributed by atoms with Gasteiger partial charge in [0.2, 0.25) is 0 Å². The zero-order valence-electron chi connectivity index (χ0n) is 7.22. The van der Waals surface area contributed by atoms with Crippen molar-refractivity contribution in [2.24, 2.45) is 0 Å². The lowest BCUT2D eigenvalue weighted by Gasteiger charge is -2.03. The Morgan fingerprint density at radius 3 is 3.08 bits per heavy atom. The van der Waals surface area contributed by atoms with Crippen LogP contribution in [-0.4, -0.2) is 11.9 Å². The van der Waals surface area contributed by atoms with Crippen molar-refractivity contribution < 1.29 is 0 Å². The van der Waals surface area contributed by atoms with Gasteiger partial charge in [0.25, 0.3) is 0 Å². The van der Waals surface area contributed by atoms with E-state index in [2.05, 4.69) is 22.8 Å². The van der Waals surface area contributed by atoms with Gasteiger partial charge in [-0.15, -0.1) is 22.9 Å². The lowest BCUT2D eigenvalue weighted by Crippen LogP contribution is -2.16. The van der Waals surface area contributed by atoms with Crippen molar-refractivity contribution in [2.75, 3.05) is 6.54 Å². The van der Waals surface area contributed by atoms with Crippen molar-refractivity contribution in [3.63, 3.8) is 0 Å². The fourth-order valence-electron chi connectivity index (χ4n) is 0.926. The molecule has 3 heteroatoms. The summed E-state index contributed by atoms with van der Waals surface area (Å²) in [6.07, 6.45) is 1.03. The average molecular weight is 204 g/mol. The Hall–Kier alpha value is -0.0500. The van der Waals surface area contributed by atoms with Gasteiger partial charge in [0, 0.05) is 16.8 Å². The fraction of sp³-hybridized carbons (Fsp3) is 0.556. The number of rotatable bonds is 5. The maximum Gasteiger partial charge on any atom is 0.0319 e. The van der Waals surface area contributed by atoms with Gasteiger partial charge in [-0.3, -0.25) is 0 Å². The van der Waals surface area contributed by atoms with Crippen LogP contribution in [0.1, 0.15) is 18.2 Å². The highest BCUT2D eigenvalue weighted by molar-refractivity contribution is 7.09. The van der Waals surface area contributed by atoms with Crippen LogP contribution in [0.2, 0.25) is 0 Å². The number of alkyl halides is 1. The molecule has 1 nitrogen and oxygen atoms in total. The van der Waals surface area contributed by atoms with Crippen LogP contribution in [0.3, 0.4) is 0 Å². The largest absolute Gasteiger partial charge is 0.312 e. The van der Waals surface area contributed by atoms with Gasteiger partial charge in [0.15, 0.2) is 0 Å². The zero-order chi connectivity index (χ0) is 8.81. The maximum absolute atomic E-state index is 5.80. The third kappa shape index (κ3) is 4.10. The Kier molecular flexibility index (Phi) is 4.66. The minimum atomic E-state index is 0.279. The first-order valence-electron chi connectivity index (χ1n) is 4.16. The van der Waals surface area contributed by atoms with Crippen molar-refractivity contribution in [2.45, 2.75) is 25.3 Å². The molecule has 0 spiro atoms. The van der Waals surface area contributed by atoms with Crippen LogP contribution in [0, 0.1) is 0 Å². The van der Waals surface area contributed by atoms with Gasteiger partial charge < -0.3 is 5.32 Å². The maximum atomic E-state index is 5.80. The van der Waals surface area contributed by atoms with E-state index in [4.69, 9.17) is 11.6 Å². The molecule has 0 aliphatic carbocycles. The van der Waals surface area contributed by atoms with Crippen LogP contribution in [0.25, 0.3) is 0 Å². The van der Waals surface area contributed by atoms with Crippen molar-refractivity contribution in [1.29, 1.82) is 0 Å². The molecule has 1 N–H and O–H groups in total. The molecule has 0 saturated heterocycles. The van der Waals surface area contributed by atoms with E-state index in [1.54, 1.807) is 11.3 Å². The summed E-state index contributed by atoms with van der Waals surface area (Å²) in [6, 6.07) is 4.22. The monoisotopic (exact) mass is 203 g/mol. The van der Waals surface area contributed by atoms with E-state index in [0.717, 1.165) is 19.5 Å². The summed E-state index contributed by atoms with van der Waals surface area (Å²) in [5.41, 5.74) is 0. The molecule has 1 rings (SSSR count). The van der Waals surface area contributed by atoms with E-state index >= 15 is 0 Å². The quantitative estimate of drug-likeness (QED) is 0.573. The average Bonchev–Trinajstić information content (AvgIpc) is 2.49. The van der Waals surface area contributed by atoms with Crippen LogP contribution in [0.15, 0.2) is 17.5 Å². The molecule has 0 aromatic carbocycles. The molecular weight excluding hydrogens is 190 g/mol. The number of nitrogens with one attached hydrogen (secondary N) is 1. The first-order chi connectivity index (χ1) is 5.79. The van der Waals surface area contributed by atoms with Gasteiger partial charge in [-0.25, -0.2) is 0 Å². The van der Waals surface area contributed by atoms with E-state index in [1.165, 1.54) is 4.88 Å². The number of thiophene rings is 1. The summed E-state index contributed by atoms with van der Waals surface area (Å²) < 4.78 is 0. The zero-order valence-corrected chi connectivity index (χ0v) is 8.79. The molecule has 0 aliphatic heterocycles. The molecule has 0 radical (unpaired) electrons. The predicted octanol–water partition coefficient (Wildman–Crippen LogP) is 2.86. The summed E-state index contributed by atoms with van der Waals surface area (Å²) in [4.78, 5) is 1.39. The Bertz CT molecular complexity index is 196. The van der Waals surface area contributed by atoms with Crippen LogP contribution in [-0.2, 0) is 6.54 Å². The molecular formula is C9H14ClNS. The molecule has 12 heavy (non-hydrogen) atoms. The Morgan fingerprint density at radius 2 is 2.50 bits per heavy atom. The highest BCUT2D eigenvalue weighted by Gasteiger charge is 1.95. The van der Waals surface area contributed by atoms with E-state index in [9.17, 15) is 0 Å². The van der Waals surface area contributed by atoms with E-state index in [1.807, 2.05) is 6.92 Å². The fourth-order valence-corrected chi connectivity index (χ4v) is 1.71. The summed E-state index contributed by atoms with van der Waals surface area (Å²) in [7, 11) is 0. The van der Waals surface area contributed by atoms with Gasteiger partial charge in [-0.2, -0.15) is 0 Å². The Labute approximate surface area is 82.7 Å². The minimum Gasteiger partial charge on any atom is -0.312 e. The lowest BCUT2D eigenvalue weighted by atomic mass is 10.3. The minimum absolute atomic E-state index is 0.279. The number of hydrogen-bond donors (Lipinski definition) is 1. The second-order valence-electron chi connectivity index (χ2n) is 2.83. The highest BCUT2D eigenvalue weighted by atomic mass is 35.5. The van der Waals surface area contributed by atoms with Crippen molar-refractivity contribution in [3.8, 4) is 0 Å². The third-order valence-corrected chi connectivity index (χ3v) is 2.69. The molecule has 1 heterocycles. The summed E-state index contributed by atoms with van der Waals surface area (Å²) in [5.74, 6) is 0. The van der Waals surface area contributed by atoms with Gasteiger partial charge >= 0.3 is 0 Å². The first-order valence-corrected chi connectivity index (χ1v) is 5.48. The molecule has 0 fully saturated rings. The van der Waals surface area contributed by atoms with E-state index in [0.29, 0.717) is 0 Å². The highest BCUT2D eigenvalue weighted by Crippen LogP contribution is 2.07. The molecule has 1 aromatic heterocycles. The van der Waals surface area contributed by atoms with Gasteiger partial charge in [0.05, 0.1) is 0 Å². The molecule has 0 bridgehead atoms. The molecule has 1 unspecified atom stereocenters. The van der Waals surface area contributed by atoms with Gasteiger partial charge in [0.1, 0.15) is 0 Å². The summed E-state index contributed by atoms with van der Waals surface area (Å²) >= 11 is 7.59. The van der Waals surface area contributed by atoms with Crippen LogP contribution >= 0.6 is 22.9 Å². The first kappa shape index (κ1) is 10.0. The predicted molar refractivity (Wildman–Crippen MR) is 56.0 cm³/mol. The molecule has 0 saturated carbocycles. The van der Waals surface area contributed by atoms with Crippen molar-refractivity contribution in [1.82, 2.24) is 5.32 Å².